The van der Waals surface area contributed by atoms with Crippen LogP contribution >= 0.6 is 0 Å². The van der Waals surface area contributed by atoms with Crippen molar-refractivity contribution in [3.8, 4) is 11.6 Å². The molecule has 0 saturated carbocycles. The number of allylic oxidation sites excluding steroid dienone is 1. The van der Waals surface area contributed by atoms with E-state index in [2.05, 4.69) is 9.98 Å². The Kier molecular flexibility index (Phi) is 3.99. The highest BCUT2D eigenvalue weighted by Gasteiger charge is 2.21. The maximum atomic E-state index is 12.7. The number of aliphatic imine (C=N–C) groups is 1. The molecular formula is C24H17N3O3. The van der Waals surface area contributed by atoms with Gasteiger partial charge in [0.15, 0.2) is 0 Å². The van der Waals surface area contributed by atoms with Crippen LogP contribution in [-0.2, 0) is 0 Å². The number of nitrogens with zero attached hydrogens (tertiary/aromatic N) is 2. The molecule has 5 rings (SSSR count). The van der Waals surface area contributed by atoms with Crippen molar-refractivity contribution >= 4 is 33.8 Å². The number of benzene rings is 3. The monoisotopic (exact) mass is 395 g/mol. The average molecular weight is 395 g/mol. The maximum absolute atomic E-state index is 12.7. The van der Waals surface area contributed by atoms with Gasteiger partial charge in [-0.1, -0.05) is 54.6 Å². The lowest BCUT2D eigenvalue weighted by Gasteiger charge is -2.13. The summed E-state index contributed by atoms with van der Waals surface area (Å²) in [7, 11) is 0. The minimum atomic E-state index is -0.701. The highest BCUT2D eigenvalue weighted by Crippen LogP contribution is 2.36. The van der Waals surface area contributed by atoms with Crippen molar-refractivity contribution in [2.75, 3.05) is 0 Å². The van der Waals surface area contributed by atoms with Gasteiger partial charge in [-0.3, -0.25) is 14.8 Å². The number of fused-ring (bicyclic) bond motifs is 2. The topological polar surface area (TPSA) is 87.4 Å². The van der Waals surface area contributed by atoms with Crippen LogP contribution in [0.2, 0.25) is 0 Å². The van der Waals surface area contributed by atoms with Gasteiger partial charge in [-0.2, -0.15) is 0 Å². The van der Waals surface area contributed by atoms with Crippen molar-refractivity contribution in [2.45, 2.75) is 6.92 Å². The Morgan fingerprint density at radius 1 is 0.967 bits per heavy atom. The third-order valence-corrected chi connectivity index (χ3v) is 5.29. The number of rotatable bonds is 2. The average Bonchev–Trinajstić information content (AvgIpc) is 3.06. The van der Waals surface area contributed by atoms with E-state index >= 15 is 0 Å². The number of hydrogen-bond donors (Lipinski definition) is 2. The Morgan fingerprint density at radius 3 is 2.57 bits per heavy atom. The summed E-state index contributed by atoms with van der Waals surface area (Å²) in [6.45, 7) is 1.85. The summed E-state index contributed by atoms with van der Waals surface area (Å²) in [6, 6.07) is 20.6. The second kappa shape index (κ2) is 6.70. The molecule has 0 spiro atoms. The molecule has 0 fully saturated rings. The van der Waals surface area contributed by atoms with Crippen LogP contribution in [0, 0.1) is 0 Å². The molecule has 2 N–H and O–H groups in total. The van der Waals surface area contributed by atoms with E-state index in [-0.39, 0.29) is 5.56 Å². The molecule has 6 nitrogen and oxygen atoms in total. The molecule has 1 aliphatic rings. The summed E-state index contributed by atoms with van der Waals surface area (Å²) < 4.78 is 1.13. The summed E-state index contributed by atoms with van der Waals surface area (Å²) in [6.07, 6.45) is 1.58. The van der Waals surface area contributed by atoms with Crippen LogP contribution in [0.15, 0.2) is 81.3 Å². The molecule has 1 aromatic heterocycles. The third-order valence-electron chi connectivity index (χ3n) is 5.29. The van der Waals surface area contributed by atoms with E-state index in [1.165, 1.54) is 0 Å². The van der Waals surface area contributed by atoms with Gasteiger partial charge in [-0.15, -0.1) is 0 Å². The quantitative estimate of drug-likeness (QED) is 0.537. The smallest absolute Gasteiger partial charge is 0.335 e. The van der Waals surface area contributed by atoms with E-state index in [9.17, 15) is 14.7 Å². The first-order valence-electron chi connectivity index (χ1n) is 9.48. The fourth-order valence-corrected chi connectivity index (χ4v) is 3.86. The van der Waals surface area contributed by atoms with Gasteiger partial charge in [-0.25, -0.2) is 9.36 Å². The lowest BCUT2D eigenvalue weighted by Crippen LogP contribution is -2.30. The summed E-state index contributed by atoms with van der Waals surface area (Å²) in [4.78, 5) is 32.1. The minimum absolute atomic E-state index is 0.00351. The van der Waals surface area contributed by atoms with Crippen LogP contribution in [0.5, 0.6) is 5.88 Å². The van der Waals surface area contributed by atoms with E-state index in [0.29, 0.717) is 5.69 Å². The van der Waals surface area contributed by atoms with Crippen molar-refractivity contribution in [2.24, 2.45) is 4.99 Å². The number of hydrogen-bond acceptors (Lipinski definition) is 4. The molecule has 0 atom stereocenters. The zero-order chi connectivity index (χ0) is 20.8. The van der Waals surface area contributed by atoms with Crippen LogP contribution < -0.4 is 11.2 Å². The number of nitrogens with one attached hydrogen (secondary N) is 1. The van der Waals surface area contributed by atoms with E-state index < -0.39 is 17.1 Å². The number of aromatic hydroxyl groups is 1. The molecular weight excluding hydrogens is 378 g/mol. The second-order valence-electron chi connectivity index (χ2n) is 7.10. The van der Waals surface area contributed by atoms with Gasteiger partial charge in [0, 0.05) is 22.2 Å². The molecule has 3 aromatic carbocycles. The highest BCUT2D eigenvalue weighted by atomic mass is 16.3. The molecule has 6 heteroatoms. The fourth-order valence-electron chi connectivity index (χ4n) is 3.86. The predicted octanol–water partition coefficient (Wildman–Crippen LogP) is 4.03. The predicted molar refractivity (Wildman–Crippen MR) is 119 cm³/mol. The summed E-state index contributed by atoms with van der Waals surface area (Å²) in [5, 5.41) is 12.7. The SMILES string of the molecule is CC1=Nc2ccccc2/C1=C/c1c(O)n(-c2cccc3ccccc23)c(=O)[nH]c1=O. The van der Waals surface area contributed by atoms with Crippen LogP contribution in [-0.4, -0.2) is 20.4 Å². The number of aromatic nitrogens is 2. The Bertz CT molecular complexity index is 1500. The Hall–Kier alpha value is -4.19. The molecule has 0 aliphatic carbocycles. The molecule has 0 radical (unpaired) electrons. The largest absolute Gasteiger partial charge is 0.494 e. The van der Waals surface area contributed by atoms with E-state index in [1.54, 1.807) is 18.2 Å². The van der Waals surface area contributed by atoms with Gasteiger partial charge >= 0.3 is 5.69 Å². The van der Waals surface area contributed by atoms with E-state index in [4.69, 9.17) is 0 Å². The van der Waals surface area contributed by atoms with Crippen molar-refractivity contribution < 1.29 is 5.11 Å². The molecule has 0 amide bonds. The normalized spacial score (nSPS) is 14.2. The van der Waals surface area contributed by atoms with Crippen molar-refractivity contribution in [1.29, 1.82) is 0 Å². The third kappa shape index (κ3) is 2.69. The molecule has 0 saturated heterocycles. The second-order valence-corrected chi connectivity index (χ2v) is 7.10. The Labute approximate surface area is 171 Å². The van der Waals surface area contributed by atoms with Crippen LogP contribution in [0.25, 0.3) is 28.1 Å². The van der Waals surface area contributed by atoms with Gasteiger partial charge in [0.05, 0.1) is 11.4 Å². The highest BCUT2D eigenvalue weighted by molar-refractivity contribution is 6.31. The van der Waals surface area contributed by atoms with Gasteiger partial charge in [-0.05, 0) is 30.5 Å². The van der Waals surface area contributed by atoms with Crippen molar-refractivity contribution in [1.82, 2.24) is 9.55 Å². The lowest BCUT2D eigenvalue weighted by molar-refractivity contribution is 0.430. The fraction of sp³-hybridized carbons (Fsp3) is 0.0417. The first-order chi connectivity index (χ1) is 14.5. The lowest BCUT2D eigenvalue weighted by atomic mass is 10.0. The van der Waals surface area contributed by atoms with Crippen LogP contribution in [0.4, 0.5) is 5.69 Å². The summed E-state index contributed by atoms with van der Waals surface area (Å²) in [5.41, 5.74) is 2.28. The number of para-hydroxylation sites is 1. The van der Waals surface area contributed by atoms with Gasteiger partial charge < -0.3 is 5.11 Å². The molecule has 0 bridgehead atoms. The van der Waals surface area contributed by atoms with E-state index in [0.717, 1.165) is 37.9 Å². The molecule has 146 valence electrons. The summed E-state index contributed by atoms with van der Waals surface area (Å²) >= 11 is 0. The summed E-state index contributed by atoms with van der Waals surface area (Å²) in [5.74, 6) is -0.412. The van der Waals surface area contributed by atoms with Gasteiger partial charge in [0.25, 0.3) is 5.56 Å². The number of aromatic amines is 1. The van der Waals surface area contributed by atoms with Crippen molar-refractivity contribution in [3.05, 3.63) is 98.7 Å². The first-order valence-corrected chi connectivity index (χ1v) is 9.48. The number of H-pyrrole nitrogens is 1. The van der Waals surface area contributed by atoms with E-state index in [1.807, 2.05) is 61.5 Å². The molecule has 2 heterocycles. The van der Waals surface area contributed by atoms with Gasteiger partial charge in [0.2, 0.25) is 5.88 Å². The molecule has 1 aliphatic heterocycles. The van der Waals surface area contributed by atoms with Crippen LogP contribution in [0.1, 0.15) is 18.1 Å². The van der Waals surface area contributed by atoms with Gasteiger partial charge in [0.1, 0.15) is 5.56 Å². The Morgan fingerprint density at radius 2 is 1.70 bits per heavy atom. The van der Waals surface area contributed by atoms with Crippen LogP contribution in [0.3, 0.4) is 0 Å². The standard InChI is InChI=1S/C24H17N3O3/c1-14-18(17-10-4-5-11-20(17)25-14)13-19-22(28)26-24(30)27(23(19)29)21-12-6-8-15-7-2-3-9-16(15)21/h2-13,29H,1H3,(H,26,28,30)/b18-13+. The maximum Gasteiger partial charge on any atom is 0.335 e. The first kappa shape index (κ1) is 17.9. The zero-order valence-electron chi connectivity index (χ0n) is 16.1. The molecule has 4 aromatic rings. The van der Waals surface area contributed by atoms with Crippen molar-refractivity contribution in [3.63, 3.8) is 0 Å². The Balaban J connectivity index is 1.78. The molecule has 0 unspecified atom stereocenters. The minimum Gasteiger partial charge on any atom is -0.494 e. The zero-order valence-corrected chi connectivity index (χ0v) is 16.1. The molecule has 30 heavy (non-hydrogen) atoms.